The molecular formula is C18H26N2O4. The zero-order chi connectivity index (χ0) is 17.7. The van der Waals surface area contributed by atoms with E-state index in [1.165, 1.54) is 0 Å². The third-order valence-corrected chi connectivity index (χ3v) is 3.64. The SMILES string of the molecule is Cc1cccc(OCC(=O)N2CCN(C(=O)OC(C)(C)C)CC2)c1. The van der Waals surface area contributed by atoms with Crippen LogP contribution in [-0.4, -0.2) is 60.2 Å². The van der Waals surface area contributed by atoms with Crippen molar-refractivity contribution in [2.75, 3.05) is 32.8 Å². The average Bonchev–Trinajstić information content (AvgIpc) is 2.51. The van der Waals surface area contributed by atoms with Gasteiger partial charge in [0, 0.05) is 26.2 Å². The smallest absolute Gasteiger partial charge is 0.410 e. The van der Waals surface area contributed by atoms with Gasteiger partial charge in [-0.05, 0) is 45.4 Å². The number of ether oxygens (including phenoxy) is 2. The van der Waals surface area contributed by atoms with E-state index in [1.54, 1.807) is 9.80 Å². The van der Waals surface area contributed by atoms with Gasteiger partial charge >= 0.3 is 6.09 Å². The molecular weight excluding hydrogens is 308 g/mol. The molecule has 24 heavy (non-hydrogen) atoms. The third kappa shape index (κ3) is 5.44. The summed E-state index contributed by atoms with van der Waals surface area (Å²) in [5.74, 6) is 0.621. The molecule has 0 radical (unpaired) electrons. The van der Waals surface area contributed by atoms with Gasteiger partial charge in [0.05, 0.1) is 0 Å². The molecule has 0 atom stereocenters. The fourth-order valence-electron chi connectivity index (χ4n) is 2.41. The number of nitrogens with zero attached hydrogens (tertiary/aromatic N) is 2. The highest BCUT2D eigenvalue weighted by molar-refractivity contribution is 5.78. The molecule has 2 rings (SSSR count). The highest BCUT2D eigenvalue weighted by atomic mass is 16.6. The van der Waals surface area contributed by atoms with Crippen molar-refractivity contribution in [1.29, 1.82) is 0 Å². The first-order chi connectivity index (χ1) is 11.2. The van der Waals surface area contributed by atoms with E-state index in [2.05, 4.69) is 0 Å². The molecule has 0 bridgehead atoms. The summed E-state index contributed by atoms with van der Waals surface area (Å²) in [6.45, 7) is 9.45. The van der Waals surface area contributed by atoms with Crippen LogP contribution in [0.1, 0.15) is 26.3 Å². The summed E-state index contributed by atoms with van der Waals surface area (Å²) in [5.41, 5.74) is 0.581. The minimum absolute atomic E-state index is 0.00981. The van der Waals surface area contributed by atoms with Crippen LogP contribution in [0.25, 0.3) is 0 Å². The lowest BCUT2D eigenvalue weighted by atomic mass is 10.2. The second kappa shape index (κ2) is 7.55. The van der Waals surface area contributed by atoms with Gasteiger partial charge in [0.25, 0.3) is 5.91 Å². The van der Waals surface area contributed by atoms with Gasteiger partial charge < -0.3 is 19.3 Å². The fourth-order valence-corrected chi connectivity index (χ4v) is 2.41. The second-order valence-electron chi connectivity index (χ2n) is 6.95. The van der Waals surface area contributed by atoms with Crippen molar-refractivity contribution in [1.82, 2.24) is 9.80 Å². The molecule has 0 aliphatic carbocycles. The number of piperazine rings is 1. The molecule has 6 nitrogen and oxygen atoms in total. The van der Waals surface area contributed by atoms with E-state index >= 15 is 0 Å². The Morgan fingerprint density at radius 3 is 2.29 bits per heavy atom. The van der Waals surface area contributed by atoms with E-state index in [9.17, 15) is 9.59 Å². The first-order valence-electron chi connectivity index (χ1n) is 8.20. The van der Waals surface area contributed by atoms with Gasteiger partial charge in [0.1, 0.15) is 11.4 Å². The topological polar surface area (TPSA) is 59.1 Å². The number of benzene rings is 1. The summed E-state index contributed by atoms with van der Waals surface area (Å²) >= 11 is 0. The van der Waals surface area contributed by atoms with Crippen LogP contribution in [0.15, 0.2) is 24.3 Å². The molecule has 1 aliphatic heterocycles. The van der Waals surface area contributed by atoms with E-state index in [-0.39, 0.29) is 18.6 Å². The van der Waals surface area contributed by atoms with E-state index in [0.29, 0.717) is 31.9 Å². The minimum atomic E-state index is -0.508. The van der Waals surface area contributed by atoms with Crippen molar-refractivity contribution in [3.8, 4) is 5.75 Å². The molecule has 6 heteroatoms. The van der Waals surface area contributed by atoms with Crippen LogP contribution in [0.3, 0.4) is 0 Å². The Kier molecular flexibility index (Phi) is 5.70. The number of carbonyl (C=O) groups is 2. The zero-order valence-electron chi connectivity index (χ0n) is 14.9. The normalized spacial score (nSPS) is 15.2. The quantitative estimate of drug-likeness (QED) is 0.852. The molecule has 0 N–H and O–H groups in total. The van der Waals surface area contributed by atoms with Gasteiger partial charge in [0.2, 0.25) is 0 Å². The molecule has 1 aromatic rings. The highest BCUT2D eigenvalue weighted by Gasteiger charge is 2.27. The summed E-state index contributed by atoms with van der Waals surface area (Å²) < 4.78 is 10.9. The summed E-state index contributed by atoms with van der Waals surface area (Å²) in [4.78, 5) is 27.6. The molecule has 1 heterocycles. The number of amides is 2. The number of hydrogen-bond acceptors (Lipinski definition) is 4. The minimum Gasteiger partial charge on any atom is -0.484 e. The Hall–Kier alpha value is -2.24. The van der Waals surface area contributed by atoms with Crippen molar-refractivity contribution in [3.05, 3.63) is 29.8 Å². The van der Waals surface area contributed by atoms with Gasteiger partial charge in [-0.25, -0.2) is 4.79 Å². The lowest BCUT2D eigenvalue weighted by Crippen LogP contribution is -2.52. The van der Waals surface area contributed by atoms with Gasteiger partial charge in [-0.15, -0.1) is 0 Å². The van der Waals surface area contributed by atoms with Crippen LogP contribution >= 0.6 is 0 Å². The van der Waals surface area contributed by atoms with Crippen LogP contribution in [0.4, 0.5) is 4.79 Å². The molecule has 0 saturated carbocycles. The molecule has 2 amide bonds. The number of carbonyl (C=O) groups excluding carboxylic acids is 2. The molecule has 0 aromatic heterocycles. The Balaban J connectivity index is 1.77. The number of hydrogen-bond donors (Lipinski definition) is 0. The van der Waals surface area contributed by atoms with Gasteiger partial charge in [-0.3, -0.25) is 4.79 Å². The molecule has 1 saturated heterocycles. The Morgan fingerprint density at radius 2 is 1.71 bits per heavy atom. The molecule has 1 aliphatic rings. The average molecular weight is 334 g/mol. The maximum Gasteiger partial charge on any atom is 0.410 e. The summed E-state index contributed by atoms with van der Waals surface area (Å²) in [6, 6.07) is 7.60. The Labute approximate surface area is 143 Å². The van der Waals surface area contributed by atoms with Crippen molar-refractivity contribution < 1.29 is 19.1 Å². The van der Waals surface area contributed by atoms with E-state index in [4.69, 9.17) is 9.47 Å². The van der Waals surface area contributed by atoms with Crippen molar-refractivity contribution in [3.63, 3.8) is 0 Å². The Morgan fingerprint density at radius 1 is 1.08 bits per heavy atom. The van der Waals surface area contributed by atoms with Crippen LogP contribution in [0, 0.1) is 6.92 Å². The van der Waals surface area contributed by atoms with Gasteiger partial charge in [-0.1, -0.05) is 12.1 Å². The van der Waals surface area contributed by atoms with Crippen LogP contribution in [-0.2, 0) is 9.53 Å². The Bertz CT molecular complexity index is 587. The first kappa shape index (κ1) is 18.1. The zero-order valence-corrected chi connectivity index (χ0v) is 14.9. The lowest BCUT2D eigenvalue weighted by Gasteiger charge is -2.35. The van der Waals surface area contributed by atoms with E-state index in [1.807, 2.05) is 52.0 Å². The molecule has 1 fully saturated rings. The molecule has 132 valence electrons. The van der Waals surface area contributed by atoms with Gasteiger partial charge in [-0.2, -0.15) is 0 Å². The summed E-state index contributed by atoms with van der Waals surface area (Å²) in [6.07, 6.45) is -0.328. The lowest BCUT2D eigenvalue weighted by molar-refractivity contribution is -0.135. The van der Waals surface area contributed by atoms with Crippen LogP contribution in [0.2, 0.25) is 0 Å². The largest absolute Gasteiger partial charge is 0.484 e. The molecule has 0 unspecified atom stereocenters. The van der Waals surface area contributed by atoms with Crippen molar-refractivity contribution in [2.45, 2.75) is 33.3 Å². The van der Waals surface area contributed by atoms with Crippen LogP contribution in [0.5, 0.6) is 5.75 Å². The summed E-state index contributed by atoms with van der Waals surface area (Å²) in [5, 5.41) is 0. The van der Waals surface area contributed by atoms with Crippen LogP contribution < -0.4 is 4.74 Å². The third-order valence-electron chi connectivity index (χ3n) is 3.64. The maximum absolute atomic E-state index is 12.2. The van der Waals surface area contributed by atoms with Crippen molar-refractivity contribution in [2.24, 2.45) is 0 Å². The van der Waals surface area contributed by atoms with Gasteiger partial charge in [0.15, 0.2) is 6.61 Å². The van der Waals surface area contributed by atoms with E-state index < -0.39 is 5.60 Å². The van der Waals surface area contributed by atoms with Crippen molar-refractivity contribution >= 4 is 12.0 Å². The standard InChI is InChI=1S/C18H26N2O4/c1-14-6-5-7-15(12-14)23-13-16(21)19-8-10-20(11-9-19)17(22)24-18(2,3)4/h5-7,12H,8-11,13H2,1-4H3. The molecule has 1 aromatic carbocycles. The maximum atomic E-state index is 12.2. The second-order valence-corrected chi connectivity index (χ2v) is 6.95. The summed E-state index contributed by atoms with van der Waals surface area (Å²) in [7, 11) is 0. The first-order valence-corrected chi connectivity index (χ1v) is 8.20. The predicted octanol–water partition coefficient (Wildman–Crippen LogP) is 2.45. The van der Waals surface area contributed by atoms with E-state index in [0.717, 1.165) is 5.56 Å². The number of aryl methyl sites for hydroxylation is 1. The fraction of sp³-hybridized carbons (Fsp3) is 0.556. The number of rotatable bonds is 3. The predicted molar refractivity (Wildman–Crippen MR) is 91.1 cm³/mol. The highest BCUT2D eigenvalue weighted by Crippen LogP contribution is 2.14. The monoisotopic (exact) mass is 334 g/mol. The molecule has 0 spiro atoms.